The molecule has 0 aliphatic heterocycles. The molecule has 1 heterocycles. The molecule has 1 unspecified atom stereocenters. The van der Waals surface area contributed by atoms with Crippen LogP contribution in [0.3, 0.4) is 0 Å². The minimum atomic E-state index is 0.127. The lowest BCUT2D eigenvalue weighted by Crippen LogP contribution is -2.17. The number of nitrogens with two attached hydrogens (primary N) is 1. The van der Waals surface area contributed by atoms with Crippen LogP contribution >= 0.6 is 0 Å². The highest BCUT2D eigenvalue weighted by Crippen LogP contribution is 2.03. The third kappa shape index (κ3) is 2.90. The Labute approximate surface area is 95.1 Å². The fourth-order valence-electron chi connectivity index (χ4n) is 1.61. The first-order valence-corrected chi connectivity index (χ1v) is 5.42. The van der Waals surface area contributed by atoms with E-state index in [1.165, 1.54) is 5.56 Å². The van der Waals surface area contributed by atoms with Gasteiger partial charge in [0.2, 0.25) is 0 Å². The fourth-order valence-corrected chi connectivity index (χ4v) is 1.61. The van der Waals surface area contributed by atoms with Crippen LogP contribution in [0.25, 0.3) is 0 Å². The van der Waals surface area contributed by atoms with Crippen LogP contribution in [-0.4, -0.2) is 21.0 Å². The van der Waals surface area contributed by atoms with E-state index in [0.717, 1.165) is 18.7 Å². The van der Waals surface area contributed by atoms with Gasteiger partial charge in [0.15, 0.2) is 0 Å². The van der Waals surface area contributed by atoms with Gasteiger partial charge in [-0.2, -0.15) is 0 Å². The van der Waals surface area contributed by atoms with Crippen LogP contribution in [0.5, 0.6) is 0 Å². The molecule has 0 aliphatic rings. The van der Waals surface area contributed by atoms with Crippen LogP contribution in [0, 0.1) is 0 Å². The van der Waals surface area contributed by atoms with Crippen LogP contribution in [0.2, 0.25) is 0 Å². The molecule has 1 atom stereocenters. The van der Waals surface area contributed by atoms with Gasteiger partial charge in [-0.25, -0.2) is 4.68 Å². The smallest absolute Gasteiger partial charge is 0.0842 e. The zero-order valence-corrected chi connectivity index (χ0v) is 9.37. The topological polar surface area (TPSA) is 56.7 Å². The summed E-state index contributed by atoms with van der Waals surface area (Å²) in [5.41, 5.74) is 7.88. The van der Waals surface area contributed by atoms with E-state index in [0.29, 0.717) is 0 Å². The molecule has 0 bridgehead atoms. The molecule has 0 saturated carbocycles. The Morgan fingerprint density at radius 2 is 2.06 bits per heavy atom. The molecule has 0 radical (unpaired) electrons. The number of hydrogen-bond donors (Lipinski definition) is 1. The van der Waals surface area contributed by atoms with Crippen molar-refractivity contribution in [3.63, 3.8) is 0 Å². The second-order valence-electron chi connectivity index (χ2n) is 4.07. The zero-order chi connectivity index (χ0) is 11.4. The van der Waals surface area contributed by atoms with Crippen molar-refractivity contribution < 1.29 is 0 Å². The van der Waals surface area contributed by atoms with Gasteiger partial charge in [-0.3, -0.25) is 0 Å². The number of rotatable bonds is 4. The summed E-state index contributed by atoms with van der Waals surface area (Å²) in [6, 6.07) is 10.3. The Kier molecular flexibility index (Phi) is 3.31. The standard InChI is InChI=1S/C12H16N4/c1-10(13)7-12-9-16(15-14-12)8-11-5-3-2-4-6-11/h2-6,9-10H,7-8,13H2,1H3. The molecule has 0 spiro atoms. The predicted octanol–water partition coefficient (Wildman–Crippen LogP) is 1.22. The van der Waals surface area contributed by atoms with Gasteiger partial charge < -0.3 is 5.73 Å². The van der Waals surface area contributed by atoms with Crippen LogP contribution in [0.15, 0.2) is 36.5 Å². The van der Waals surface area contributed by atoms with Crippen LogP contribution in [0.1, 0.15) is 18.2 Å². The van der Waals surface area contributed by atoms with Crippen LogP contribution in [0.4, 0.5) is 0 Å². The van der Waals surface area contributed by atoms with Crippen molar-refractivity contribution in [1.29, 1.82) is 0 Å². The van der Waals surface area contributed by atoms with Crippen molar-refractivity contribution in [2.75, 3.05) is 0 Å². The van der Waals surface area contributed by atoms with Gasteiger partial charge >= 0.3 is 0 Å². The minimum Gasteiger partial charge on any atom is -0.328 e. The van der Waals surface area contributed by atoms with E-state index in [2.05, 4.69) is 22.4 Å². The number of hydrogen-bond acceptors (Lipinski definition) is 3. The maximum atomic E-state index is 5.71. The number of benzene rings is 1. The first-order chi connectivity index (χ1) is 7.74. The Hall–Kier alpha value is -1.68. The van der Waals surface area contributed by atoms with E-state index < -0.39 is 0 Å². The molecular weight excluding hydrogens is 200 g/mol. The molecule has 2 rings (SSSR count). The molecule has 0 aliphatic carbocycles. The Balaban J connectivity index is 2.03. The van der Waals surface area contributed by atoms with Crippen molar-refractivity contribution in [3.8, 4) is 0 Å². The number of aromatic nitrogens is 3. The first-order valence-electron chi connectivity index (χ1n) is 5.42. The number of nitrogens with zero attached hydrogens (tertiary/aromatic N) is 3. The summed E-state index contributed by atoms with van der Waals surface area (Å²) in [5, 5.41) is 8.16. The molecule has 1 aromatic carbocycles. The highest BCUT2D eigenvalue weighted by Gasteiger charge is 2.03. The molecule has 1 aromatic heterocycles. The van der Waals surface area contributed by atoms with E-state index >= 15 is 0 Å². The van der Waals surface area contributed by atoms with E-state index in [1.807, 2.05) is 36.0 Å². The van der Waals surface area contributed by atoms with Gasteiger partial charge in [-0.1, -0.05) is 35.5 Å². The van der Waals surface area contributed by atoms with E-state index in [-0.39, 0.29) is 6.04 Å². The Morgan fingerprint density at radius 3 is 2.75 bits per heavy atom. The molecule has 2 aromatic rings. The summed E-state index contributed by atoms with van der Waals surface area (Å²) < 4.78 is 1.84. The van der Waals surface area contributed by atoms with Gasteiger partial charge in [-0.15, -0.1) is 5.10 Å². The molecule has 0 fully saturated rings. The first kappa shape index (κ1) is 10.8. The van der Waals surface area contributed by atoms with Crippen molar-refractivity contribution >= 4 is 0 Å². The lowest BCUT2D eigenvalue weighted by Gasteiger charge is -2.00. The Bertz CT molecular complexity index is 433. The van der Waals surface area contributed by atoms with E-state index in [1.54, 1.807) is 0 Å². The van der Waals surface area contributed by atoms with Crippen molar-refractivity contribution in [1.82, 2.24) is 15.0 Å². The molecule has 16 heavy (non-hydrogen) atoms. The van der Waals surface area contributed by atoms with Gasteiger partial charge in [-0.05, 0) is 12.5 Å². The molecular formula is C12H16N4. The zero-order valence-electron chi connectivity index (χ0n) is 9.37. The predicted molar refractivity (Wildman–Crippen MR) is 62.9 cm³/mol. The summed E-state index contributed by atoms with van der Waals surface area (Å²) in [6.07, 6.45) is 2.73. The van der Waals surface area contributed by atoms with Crippen LogP contribution < -0.4 is 5.73 Å². The summed E-state index contributed by atoms with van der Waals surface area (Å²) >= 11 is 0. The maximum Gasteiger partial charge on any atom is 0.0842 e. The van der Waals surface area contributed by atoms with Crippen molar-refractivity contribution in [2.24, 2.45) is 5.73 Å². The van der Waals surface area contributed by atoms with Gasteiger partial charge in [0.25, 0.3) is 0 Å². The summed E-state index contributed by atoms with van der Waals surface area (Å²) in [6.45, 7) is 2.73. The average Bonchev–Trinajstić information content (AvgIpc) is 2.66. The monoisotopic (exact) mass is 216 g/mol. The maximum absolute atomic E-state index is 5.71. The highest BCUT2D eigenvalue weighted by molar-refractivity contribution is 5.14. The van der Waals surface area contributed by atoms with Crippen LogP contribution in [-0.2, 0) is 13.0 Å². The average molecular weight is 216 g/mol. The minimum absolute atomic E-state index is 0.127. The normalized spacial score (nSPS) is 12.6. The Morgan fingerprint density at radius 1 is 1.31 bits per heavy atom. The second-order valence-corrected chi connectivity index (χ2v) is 4.07. The highest BCUT2D eigenvalue weighted by atomic mass is 15.4. The molecule has 4 heteroatoms. The fraction of sp³-hybridized carbons (Fsp3) is 0.333. The summed E-state index contributed by atoms with van der Waals surface area (Å²) in [5.74, 6) is 0. The molecule has 4 nitrogen and oxygen atoms in total. The largest absolute Gasteiger partial charge is 0.328 e. The van der Waals surface area contributed by atoms with Gasteiger partial charge in [0.1, 0.15) is 0 Å². The van der Waals surface area contributed by atoms with Gasteiger partial charge in [0.05, 0.1) is 12.2 Å². The third-order valence-corrected chi connectivity index (χ3v) is 2.30. The van der Waals surface area contributed by atoms with Crippen molar-refractivity contribution in [3.05, 3.63) is 47.8 Å². The van der Waals surface area contributed by atoms with Gasteiger partial charge in [0, 0.05) is 18.7 Å². The van der Waals surface area contributed by atoms with E-state index in [9.17, 15) is 0 Å². The molecule has 84 valence electrons. The lowest BCUT2D eigenvalue weighted by molar-refractivity contribution is 0.648. The van der Waals surface area contributed by atoms with E-state index in [4.69, 9.17) is 5.73 Å². The summed E-state index contributed by atoms with van der Waals surface area (Å²) in [7, 11) is 0. The van der Waals surface area contributed by atoms with Crippen molar-refractivity contribution in [2.45, 2.75) is 25.9 Å². The third-order valence-electron chi connectivity index (χ3n) is 2.30. The molecule has 2 N–H and O–H groups in total. The second kappa shape index (κ2) is 4.90. The summed E-state index contributed by atoms with van der Waals surface area (Å²) in [4.78, 5) is 0. The lowest BCUT2D eigenvalue weighted by atomic mass is 10.2. The molecule has 0 saturated heterocycles. The molecule has 0 amide bonds. The SMILES string of the molecule is CC(N)Cc1cn(Cc2ccccc2)nn1. The quantitative estimate of drug-likeness (QED) is 0.836.